The Morgan fingerprint density at radius 2 is 1.52 bits per heavy atom. The monoisotopic (exact) mass is 300 g/mol. The van der Waals surface area contributed by atoms with Gasteiger partial charge in [-0.15, -0.1) is 0 Å². The van der Waals surface area contributed by atoms with Gasteiger partial charge in [0.25, 0.3) is 0 Å². The molecule has 0 aromatic carbocycles. The minimum Gasteiger partial charge on any atom is -0.481 e. The number of carbonyl (C=O) groups is 2. The number of carbonyl (C=O) groups excluding carboxylic acids is 1. The van der Waals surface area contributed by atoms with E-state index in [1.54, 1.807) is 6.92 Å². The van der Waals surface area contributed by atoms with E-state index in [1.807, 2.05) is 6.92 Å². The maximum Gasteiger partial charge on any atom is 0.309 e. The van der Waals surface area contributed by atoms with Gasteiger partial charge in [-0.25, -0.2) is 0 Å². The third-order valence-corrected chi connectivity index (χ3v) is 3.90. The van der Waals surface area contributed by atoms with Crippen molar-refractivity contribution in [2.75, 3.05) is 6.61 Å². The van der Waals surface area contributed by atoms with Crippen molar-refractivity contribution in [3.63, 3.8) is 0 Å². The van der Waals surface area contributed by atoms with Crippen LogP contribution in [0.4, 0.5) is 0 Å². The number of esters is 1. The van der Waals surface area contributed by atoms with Crippen molar-refractivity contribution >= 4 is 11.9 Å². The Kier molecular flexibility index (Phi) is 12.0. The summed E-state index contributed by atoms with van der Waals surface area (Å²) in [5.74, 6) is -2.45. The summed E-state index contributed by atoms with van der Waals surface area (Å²) in [6, 6.07) is 0. The van der Waals surface area contributed by atoms with Gasteiger partial charge in [0, 0.05) is 0 Å². The van der Waals surface area contributed by atoms with Gasteiger partial charge >= 0.3 is 11.9 Å². The van der Waals surface area contributed by atoms with Gasteiger partial charge in [-0.2, -0.15) is 0 Å². The van der Waals surface area contributed by atoms with E-state index in [4.69, 9.17) is 4.74 Å². The number of hydrogen-bond acceptors (Lipinski definition) is 3. The van der Waals surface area contributed by atoms with E-state index < -0.39 is 17.8 Å². The molecule has 4 heteroatoms. The van der Waals surface area contributed by atoms with Crippen LogP contribution in [0.1, 0.15) is 78.6 Å². The molecule has 0 bridgehead atoms. The molecule has 0 aliphatic carbocycles. The molecule has 0 heterocycles. The van der Waals surface area contributed by atoms with Gasteiger partial charge in [-0.1, -0.05) is 65.7 Å². The lowest BCUT2D eigenvalue weighted by molar-refractivity contribution is -0.157. The topological polar surface area (TPSA) is 63.6 Å². The summed E-state index contributed by atoms with van der Waals surface area (Å²) in [7, 11) is 0. The molecule has 2 atom stereocenters. The number of rotatable bonds is 13. The second kappa shape index (κ2) is 12.7. The standard InChI is InChI=1S/C17H32O4/c1-4-6-8-9-10-11-13-21-17(20)14(3)15(16(18)19)12-7-5-2/h14-15H,4-13H2,1-3H3,(H,18,19). The molecule has 2 unspecified atom stereocenters. The van der Waals surface area contributed by atoms with Crippen molar-refractivity contribution in [2.24, 2.45) is 11.8 Å². The minimum atomic E-state index is -0.896. The lowest BCUT2D eigenvalue weighted by Gasteiger charge is -2.18. The Bertz CT molecular complexity index is 289. The van der Waals surface area contributed by atoms with Crippen molar-refractivity contribution < 1.29 is 19.4 Å². The minimum absolute atomic E-state index is 0.368. The van der Waals surface area contributed by atoms with E-state index in [9.17, 15) is 14.7 Å². The van der Waals surface area contributed by atoms with Gasteiger partial charge in [0.2, 0.25) is 0 Å². The first-order valence-corrected chi connectivity index (χ1v) is 8.44. The predicted octanol–water partition coefficient (Wildman–Crippen LogP) is 4.42. The number of carboxylic acid groups (broad SMARTS) is 1. The van der Waals surface area contributed by atoms with Crippen LogP contribution < -0.4 is 0 Å². The molecule has 0 aromatic heterocycles. The Balaban J connectivity index is 3.93. The molecule has 0 aliphatic rings. The quantitative estimate of drug-likeness (QED) is 0.404. The summed E-state index contributed by atoms with van der Waals surface area (Å²) >= 11 is 0. The molecule has 0 radical (unpaired) electrons. The third-order valence-electron chi connectivity index (χ3n) is 3.90. The molecule has 1 N–H and O–H groups in total. The largest absolute Gasteiger partial charge is 0.481 e. The lowest BCUT2D eigenvalue weighted by atomic mass is 9.89. The molecule has 0 saturated heterocycles. The fourth-order valence-electron chi connectivity index (χ4n) is 2.36. The Hall–Kier alpha value is -1.06. The Morgan fingerprint density at radius 3 is 2.10 bits per heavy atom. The van der Waals surface area contributed by atoms with Crippen LogP contribution in [0.5, 0.6) is 0 Å². The predicted molar refractivity (Wildman–Crippen MR) is 84.1 cm³/mol. The van der Waals surface area contributed by atoms with Gasteiger partial charge in [-0.3, -0.25) is 9.59 Å². The van der Waals surface area contributed by atoms with E-state index >= 15 is 0 Å². The maximum atomic E-state index is 11.9. The molecule has 4 nitrogen and oxygen atoms in total. The van der Waals surface area contributed by atoms with Crippen molar-refractivity contribution in [3.05, 3.63) is 0 Å². The summed E-state index contributed by atoms with van der Waals surface area (Å²) in [5, 5.41) is 9.20. The summed E-state index contributed by atoms with van der Waals surface area (Å²) in [6.07, 6.45) is 9.13. The summed E-state index contributed by atoms with van der Waals surface area (Å²) < 4.78 is 5.22. The summed E-state index contributed by atoms with van der Waals surface area (Å²) in [6.45, 7) is 6.27. The van der Waals surface area contributed by atoms with E-state index in [0.717, 1.165) is 25.7 Å². The van der Waals surface area contributed by atoms with E-state index in [2.05, 4.69) is 6.92 Å². The van der Waals surface area contributed by atoms with Crippen LogP contribution >= 0.6 is 0 Å². The van der Waals surface area contributed by atoms with Crippen LogP contribution in [0.25, 0.3) is 0 Å². The third kappa shape index (κ3) is 9.48. The van der Waals surface area contributed by atoms with Crippen LogP contribution in [-0.4, -0.2) is 23.7 Å². The van der Waals surface area contributed by atoms with Crippen molar-refractivity contribution in [3.8, 4) is 0 Å². The molecular formula is C17H32O4. The normalized spacial score (nSPS) is 13.7. The highest BCUT2D eigenvalue weighted by Gasteiger charge is 2.30. The average Bonchev–Trinajstić information content (AvgIpc) is 2.45. The molecule has 0 aliphatic heterocycles. The van der Waals surface area contributed by atoms with Gasteiger partial charge in [0.15, 0.2) is 0 Å². The lowest BCUT2D eigenvalue weighted by Crippen LogP contribution is -2.29. The van der Waals surface area contributed by atoms with Crippen molar-refractivity contribution in [1.82, 2.24) is 0 Å². The highest BCUT2D eigenvalue weighted by molar-refractivity contribution is 5.80. The molecule has 0 fully saturated rings. The van der Waals surface area contributed by atoms with Crippen LogP contribution in [0, 0.1) is 11.8 Å². The van der Waals surface area contributed by atoms with Crippen LogP contribution in [0.2, 0.25) is 0 Å². The summed E-state index contributed by atoms with van der Waals surface area (Å²) in [5.41, 5.74) is 0. The highest BCUT2D eigenvalue weighted by atomic mass is 16.5. The first-order valence-electron chi connectivity index (χ1n) is 8.44. The van der Waals surface area contributed by atoms with Gasteiger partial charge in [0.05, 0.1) is 18.4 Å². The van der Waals surface area contributed by atoms with Crippen LogP contribution in [0.3, 0.4) is 0 Å². The maximum absolute atomic E-state index is 11.9. The second-order valence-electron chi connectivity index (χ2n) is 5.81. The molecular weight excluding hydrogens is 268 g/mol. The SMILES string of the molecule is CCCCCCCCOC(=O)C(C)C(CCCC)C(=O)O. The Labute approximate surface area is 129 Å². The molecule has 21 heavy (non-hydrogen) atoms. The van der Waals surface area contributed by atoms with Crippen LogP contribution in [0.15, 0.2) is 0 Å². The second-order valence-corrected chi connectivity index (χ2v) is 5.81. The zero-order valence-electron chi connectivity index (χ0n) is 13.9. The van der Waals surface area contributed by atoms with E-state index in [0.29, 0.717) is 13.0 Å². The zero-order chi connectivity index (χ0) is 16.1. The average molecular weight is 300 g/mol. The fraction of sp³-hybridized carbons (Fsp3) is 0.882. The van der Waals surface area contributed by atoms with Crippen molar-refractivity contribution in [1.29, 1.82) is 0 Å². The molecule has 0 spiro atoms. The first kappa shape index (κ1) is 19.9. The van der Waals surface area contributed by atoms with E-state index in [1.165, 1.54) is 25.7 Å². The zero-order valence-corrected chi connectivity index (χ0v) is 13.9. The smallest absolute Gasteiger partial charge is 0.309 e. The highest BCUT2D eigenvalue weighted by Crippen LogP contribution is 2.20. The van der Waals surface area contributed by atoms with Crippen LogP contribution in [-0.2, 0) is 14.3 Å². The number of aliphatic carboxylic acids is 1. The summed E-state index contributed by atoms with van der Waals surface area (Å²) in [4.78, 5) is 23.1. The number of hydrogen-bond donors (Lipinski definition) is 1. The molecule has 0 aromatic rings. The first-order chi connectivity index (χ1) is 10.0. The molecule has 0 saturated carbocycles. The number of carboxylic acids is 1. The van der Waals surface area contributed by atoms with Crippen molar-refractivity contribution in [2.45, 2.75) is 78.6 Å². The van der Waals surface area contributed by atoms with E-state index in [-0.39, 0.29) is 5.97 Å². The molecule has 124 valence electrons. The number of unbranched alkanes of at least 4 members (excludes halogenated alkanes) is 6. The number of ether oxygens (including phenoxy) is 1. The van der Waals surface area contributed by atoms with Gasteiger partial charge in [-0.05, 0) is 12.8 Å². The fourth-order valence-corrected chi connectivity index (χ4v) is 2.36. The van der Waals surface area contributed by atoms with Gasteiger partial charge in [0.1, 0.15) is 0 Å². The Morgan fingerprint density at radius 1 is 0.952 bits per heavy atom. The van der Waals surface area contributed by atoms with Gasteiger partial charge < -0.3 is 9.84 Å². The molecule has 0 rings (SSSR count). The molecule has 0 amide bonds.